The first-order chi connectivity index (χ1) is 8.78. The van der Waals surface area contributed by atoms with E-state index in [0.29, 0.717) is 23.4 Å². The number of rotatable bonds is 2. The second-order valence-electron chi connectivity index (χ2n) is 4.29. The van der Waals surface area contributed by atoms with Crippen molar-refractivity contribution < 1.29 is 9.13 Å². The van der Waals surface area contributed by atoms with Crippen molar-refractivity contribution in [2.24, 2.45) is 5.92 Å². The molecule has 98 valence electrons. The Balaban J connectivity index is 0.000000574. The highest BCUT2D eigenvalue weighted by molar-refractivity contribution is 5.73. The summed E-state index contributed by atoms with van der Waals surface area (Å²) < 4.78 is 18.7. The van der Waals surface area contributed by atoms with E-state index in [1.807, 2.05) is 13.8 Å². The highest BCUT2D eigenvalue weighted by Gasteiger charge is 2.34. The zero-order chi connectivity index (χ0) is 13.1. The molecule has 3 nitrogen and oxygen atoms in total. The molecule has 2 unspecified atom stereocenters. The van der Waals surface area contributed by atoms with Gasteiger partial charge >= 0.3 is 0 Å². The lowest BCUT2D eigenvalue weighted by molar-refractivity contribution is 0.395. The number of ether oxygens (including phenoxy) is 1. The summed E-state index contributed by atoms with van der Waals surface area (Å²) in [6.45, 7) is 5.01. The van der Waals surface area contributed by atoms with Crippen molar-refractivity contribution in [3.8, 4) is 5.88 Å². The Hall–Kier alpha value is -1.42. The van der Waals surface area contributed by atoms with Gasteiger partial charge in [-0.2, -0.15) is 0 Å². The second kappa shape index (κ2) is 5.48. The molecular formula is C14H19FN2O. The van der Waals surface area contributed by atoms with Crippen molar-refractivity contribution in [3.63, 3.8) is 0 Å². The number of nitrogens with zero attached hydrogens (tertiary/aromatic N) is 1. The molecule has 1 fully saturated rings. The maximum atomic E-state index is 13.7. The monoisotopic (exact) mass is 250 g/mol. The third-order valence-electron chi connectivity index (χ3n) is 3.31. The quantitative estimate of drug-likeness (QED) is 0.876. The molecule has 0 amide bonds. The second-order valence-corrected chi connectivity index (χ2v) is 4.29. The maximum absolute atomic E-state index is 13.7. The zero-order valence-corrected chi connectivity index (χ0v) is 11.0. The highest BCUT2D eigenvalue weighted by atomic mass is 19.1. The molecule has 3 rings (SSSR count). The van der Waals surface area contributed by atoms with Gasteiger partial charge < -0.3 is 10.1 Å². The van der Waals surface area contributed by atoms with Gasteiger partial charge in [0.25, 0.3) is 0 Å². The van der Waals surface area contributed by atoms with Crippen LogP contribution in [0.15, 0.2) is 18.3 Å². The minimum atomic E-state index is -0.276. The normalized spacial score (nSPS) is 24.3. The van der Waals surface area contributed by atoms with Gasteiger partial charge in [0, 0.05) is 24.2 Å². The van der Waals surface area contributed by atoms with Crippen LogP contribution in [0.3, 0.4) is 0 Å². The predicted molar refractivity (Wildman–Crippen MR) is 70.0 cm³/mol. The summed E-state index contributed by atoms with van der Waals surface area (Å²) in [5, 5.41) is 3.37. The van der Waals surface area contributed by atoms with Crippen molar-refractivity contribution in [2.45, 2.75) is 26.3 Å². The number of hydrogen-bond acceptors (Lipinski definition) is 3. The van der Waals surface area contributed by atoms with Gasteiger partial charge in [0.1, 0.15) is 5.82 Å². The number of methoxy groups -OCH3 is 1. The lowest BCUT2D eigenvalue weighted by atomic mass is 10.0. The van der Waals surface area contributed by atoms with Crippen LogP contribution in [0, 0.1) is 11.7 Å². The molecular weight excluding hydrogens is 231 g/mol. The Morgan fingerprint density at radius 2 is 2.22 bits per heavy atom. The van der Waals surface area contributed by atoms with E-state index < -0.39 is 0 Å². The molecule has 4 heteroatoms. The van der Waals surface area contributed by atoms with Crippen molar-refractivity contribution in [1.29, 1.82) is 0 Å². The lowest BCUT2D eigenvalue weighted by Crippen LogP contribution is -2.25. The van der Waals surface area contributed by atoms with E-state index in [1.54, 1.807) is 6.07 Å². The highest BCUT2D eigenvalue weighted by Crippen LogP contribution is 2.37. The average molecular weight is 250 g/mol. The Labute approximate surface area is 107 Å². The maximum Gasteiger partial charge on any atom is 0.213 e. The minimum Gasteiger partial charge on any atom is -0.481 e. The van der Waals surface area contributed by atoms with Crippen LogP contribution in [0.1, 0.15) is 25.8 Å². The number of fused-ring (bicyclic) bond motifs is 2. The molecule has 1 aliphatic heterocycles. The summed E-state index contributed by atoms with van der Waals surface area (Å²) in [6, 6.07) is 1.97. The molecule has 0 spiro atoms. The molecule has 1 aliphatic carbocycles. The van der Waals surface area contributed by atoms with Crippen LogP contribution in [0.4, 0.5) is 4.39 Å². The first-order valence-electron chi connectivity index (χ1n) is 6.43. The summed E-state index contributed by atoms with van der Waals surface area (Å²) in [6.07, 6.45) is 4.47. The van der Waals surface area contributed by atoms with Gasteiger partial charge in [0.05, 0.1) is 13.3 Å². The molecule has 1 saturated heterocycles. The molecule has 2 heterocycles. The van der Waals surface area contributed by atoms with Gasteiger partial charge in [-0.25, -0.2) is 9.37 Å². The molecule has 0 saturated carbocycles. The average Bonchev–Trinajstić information content (AvgIpc) is 3.04. The third-order valence-corrected chi connectivity index (χ3v) is 3.31. The Bertz CT molecular complexity index is 459. The number of halogens is 1. The molecule has 2 aliphatic rings. The van der Waals surface area contributed by atoms with E-state index in [-0.39, 0.29) is 5.82 Å². The number of pyridine rings is 1. The lowest BCUT2D eigenvalue weighted by Gasteiger charge is -2.16. The first-order valence-corrected chi connectivity index (χ1v) is 6.43. The van der Waals surface area contributed by atoms with Crippen LogP contribution in [-0.4, -0.2) is 24.7 Å². The van der Waals surface area contributed by atoms with E-state index in [1.165, 1.54) is 13.3 Å². The molecule has 18 heavy (non-hydrogen) atoms. The van der Waals surface area contributed by atoms with Crippen LogP contribution in [0.2, 0.25) is 0 Å². The van der Waals surface area contributed by atoms with Crippen molar-refractivity contribution in [2.75, 3.05) is 13.7 Å². The number of hydrogen-bond donors (Lipinski definition) is 1. The first kappa shape index (κ1) is 13.0. The molecule has 1 aromatic heterocycles. The van der Waals surface area contributed by atoms with Crippen molar-refractivity contribution in [1.82, 2.24) is 10.3 Å². The van der Waals surface area contributed by atoms with E-state index >= 15 is 0 Å². The van der Waals surface area contributed by atoms with Crippen molar-refractivity contribution in [3.05, 3.63) is 29.7 Å². The smallest absolute Gasteiger partial charge is 0.213 e. The minimum absolute atomic E-state index is 0.276. The summed E-state index contributed by atoms with van der Waals surface area (Å²) >= 11 is 0. The summed E-state index contributed by atoms with van der Waals surface area (Å²) in [5.41, 5.74) is 1.67. The van der Waals surface area contributed by atoms with Gasteiger partial charge in [0.2, 0.25) is 5.88 Å². The molecule has 2 bridgehead atoms. The fraction of sp³-hybridized carbons (Fsp3) is 0.500. The van der Waals surface area contributed by atoms with Gasteiger partial charge in [-0.05, 0) is 17.9 Å². The van der Waals surface area contributed by atoms with Gasteiger partial charge in [-0.3, -0.25) is 0 Å². The Morgan fingerprint density at radius 3 is 2.78 bits per heavy atom. The van der Waals surface area contributed by atoms with Crippen LogP contribution in [0.25, 0.3) is 5.57 Å². The predicted octanol–water partition coefficient (Wildman–Crippen LogP) is 2.63. The van der Waals surface area contributed by atoms with Crippen LogP contribution < -0.4 is 10.1 Å². The largest absolute Gasteiger partial charge is 0.481 e. The standard InChI is InChI=1S/C12H13FN2O.C2H6/c1-16-12-4-8(10(13)6-15-12)9-2-7-3-11(9)14-5-7;1-2/h2,4,6-7,11,14H,3,5H2,1H3;1-2H3. The summed E-state index contributed by atoms with van der Waals surface area (Å²) in [7, 11) is 1.54. The van der Waals surface area contributed by atoms with E-state index in [0.717, 1.165) is 18.5 Å². The topological polar surface area (TPSA) is 34.1 Å². The van der Waals surface area contributed by atoms with Gasteiger partial charge in [-0.15, -0.1) is 0 Å². The van der Waals surface area contributed by atoms with Crippen LogP contribution >= 0.6 is 0 Å². The Kier molecular flexibility index (Phi) is 3.97. The zero-order valence-electron chi connectivity index (χ0n) is 11.0. The van der Waals surface area contributed by atoms with E-state index in [2.05, 4.69) is 16.4 Å². The van der Waals surface area contributed by atoms with Crippen LogP contribution in [0.5, 0.6) is 5.88 Å². The summed E-state index contributed by atoms with van der Waals surface area (Å²) in [5.74, 6) is 0.736. The summed E-state index contributed by atoms with van der Waals surface area (Å²) in [4.78, 5) is 3.85. The van der Waals surface area contributed by atoms with Crippen molar-refractivity contribution >= 4 is 5.57 Å². The fourth-order valence-electron chi connectivity index (χ4n) is 2.53. The number of aromatic nitrogens is 1. The molecule has 0 radical (unpaired) electrons. The van der Waals surface area contributed by atoms with Gasteiger partial charge in [0.15, 0.2) is 0 Å². The fourth-order valence-corrected chi connectivity index (χ4v) is 2.53. The number of nitrogens with one attached hydrogen (secondary N) is 1. The Morgan fingerprint density at radius 1 is 1.44 bits per heavy atom. The van der Waals surface area contributed by atoms with E-state index in [4.69, 9.17) is 4.74 Å². The van der Waals surface area contributed by atoms with E-state index in [9.17, 15) is 4.39 Å². The van der Waals surface area contributed by atoms with Gasteiger partial charge in [-0.1, -0.05) is 19.9 Å². The third kappa shape index (κ3) is 2.25. The molecule has 2 atom stereocenters. The molecule has 1 aromatic rings. The van der Waals surface area contributed by atoms with Crippen LogP contribution in [-0.2, 0) is 0 Å². The SMILES string of the molecule is CC.COc1cc(C2=CC3CNC2C3)c(F)cn1. The molecule has 1 N–H and O–H groups in total. The molecule has 0 aromatic carbocycles.